The number of carbonyl (C=O) groups excluding carboxylic acids is 2. The Bertz CT molecular complexity index is 1530. The zero-order valence-electron chi connectivity index (χ0n) is 24.6. The van der Waals surface area contributed by atoms with Gasteiger partial charge in [0.05, 0.1) is 27.7 Å². The Morgan fingerprint density at radius 2 is 1.63 bits per heavy atom. The SMILES string of the molecule is COc1ccc(CN(C(=O)CN(c2cccc(Cl)c2Cl)S(=O)(=O)c2ccc(C)cc2)[C@H](C)C(=O)NC2CCCCC2)cc1. The lowest BCUT2D eigenvalue weighted by atomic mass is 9.95. The number of benzene rings is 3. The molecular weight excluding hydrogens is 609 g/mol. The van der Waals surface area contributed by atoms with Crippen molar-refractivity contribution in [3.05, 3.63) is 87.9 Å². The number of methoxy groups -OCH3 is 1. The number of sulfonamides is 1. The molecule has 0 unspecified atom stereocenters. The van der Waals surface area contributed by atoms with E-state index < -0.39 is 28.5 Å². The normalized spacial score (nSPS) is 14.5. The molecule has 0 heterocycles. The predicted molar refractivity (Wildman–Crippen MR) is 170 cm³/mol. The number of nitrogens with one attached hydrogen (secondary N) is 1. The second kappa shape index (κ2) is 14.5. The molecule has 1 N–H and O–H groups in total. The fraction of sp³-hybridized carbons (Fsp3) is 0.375. The second-order valence-corrected chi connectivity index (χ2v) is 13.4. The number of carbonyl (C=O) groups is 2. The summed E-state index contributed by atoms with van der Waals surface area (Å²) in [7, 11) is -2.70. The highest BCUT2D eigenvalue weighted by Crippen LogP contribution is 2.35. The molecule has 4 rings (SSSR count). The summed E-state index contributed by atoms with van der Waals surface area (Å²) < 4.78 is 34.3. The summed E-state index contributed by atoms with van der Waals surface area (Å²) >= 11 is 12.8. The third-order valence-corrected chi connectivity index (χ3v) is 10.3. The highest BCUT2D eigenvalue weighted by atomic mass is 35.5. The summed E-state index contributed by atoms with van der Waals surface area (Å²) in [4.78, 5) is 29.0. The topological polar surface area (TPSA) is 96.0 Å². The van der Waals surface area contributed by atoms with Gasteiger partial charge in [0.25, 0.3) is 10.0 Å². The van der Waals surface area contributed by atoms with E-state index in [2.05, 4.69) is 5.32 Å². The van der Waals surface area contributed by atoms with Gasteiger partial charge in [0.2, 0.25) is 11.8 Å². The highest BCUT2D eigenvalue weighted by Gasteiger charge is 2.34. The summed E-state index contributed by atoms with van der Waals surface area (Å²) in [6, 6.07) is 17.3. The van der Waals surface area contributed by atoms with E-state index in [0.717, 1.165) is 47.5 Å². The summed E-state index contributed by atoms with van der Waals surface area (Å²) in [6.45, 7) is 2.98. The molecule has 3 aromatic rings. The summed E-state index contributed by atoms with van der Waals surface area (Å²) in [5.74, 6) is -0.216. The van der Waals surface area contributed by atoms with Gasteiger partial charge in [0.15, 0.2) is 0 Å². The fourth-order valence-corrected chi connectivity index (χ4v) is 6.99. The predicted octanol–water partition coefficient (Wildman–Crippen LogP) is 6.37. The van der Waals surface area contributed by atoms with Crippen molar-refractivity contribution in [3.63, 3.8) is 0 Å². The average Bonchev–Trinajstić information content (AvgIpc) is 3.00. The van der Waals surface area contributed by atoms with E-state index in [4.69, 9.17) is 27.9 Å². The minimum atomic E-state index is -4.26. The van der Waals surface area contributed by atoms with Crippen LogP contribution in [0.5, 0.6) is 5.75 Å². The number of nitrogens with zero attached hydrogens (tertiary/aromatic N) is 2. The quantitative estimate of drug-likeness (QED) is 0.261. The van der Waals surface area contributed by atoms with E-state index in [0.29, 0.717) is 5.75 Å². The molecule has 0 bridgehead atoms. The van der Waals surface area contributed by atoms with Gasteiger partial charge in [-0.15, -0.1) is 0 Å². The summed E-state index contributed by atoms with van der Waals surface area (Å²) in [5, 5.41) is 3.24. The Morgan fingerprint density at radius 1 is 0.977 bits per heavy atom. The van der Waals surface area contributed by atoms with Crippen molar-refractivity contribution in [2.24, 2.45) is 0 Å². The monoisotopic (exact) mass is 645 g/mol. The molecule has 0 saturated heterocycles. The zero-order valence-corrected chi connectivity index (χ0v) is 26.9. The average molecular weight is 647 g/mol. The first kappa shape index (κ1) is 32.6. The van der Waals surface area contributed by atoms with E-state index in [-0.39, 0.29) is 39.1 Å². The molecular formula is C32H37Cl2N3O5S. The molecule has 1 fully saturated rings. The van der Waals surface area contributed by atoms with Crippen LogP contribution in [0.2, 0.25) is 10.0 Å². The van der Waals surface area contributed by atoms with Crippen LogP contribution in [0.4, 0.5) is 5.69 Å². The molecule has 3 aromatic carbocycles. The van der Waals surface area contributed by atoms with Crippen LogP contribution in [0.25, 0.3) is 0 Å². The van der Waals surface area contributed by atoms with Crippen LogP contribution in [0.1, 0.15) is 50.2 Å². The molecule has 1 aliphatic rings. The molecule has 11 heteroatoms. The molecule has 43 heavy (non-hydrogen) atoms. The van der Waals surface area contributed by atoms with Crippen molar-refractivity contribution < 1.29 is 22.7 Å². The molecule has 0 radical (unpaired) electrons. The van der Waals surface area contributed by atoms with Gasteiger partial charge < -0.3 is 15.0 Å². The van der Waals surface area contributed by atoms with Crippen LogP contribution >= 0.6 is 23.2 Å². The number of hydrogen-bond acceptors (Lipinski definition) is 5. The maximum absolute atomic E-state index is 14.2. The Hall–Kier alpha value is -3.27. The Labute approximate surface area is 264 Å². The van der Waals surface area contributed by atoms with E-state index in [1.165, 1.54) is 23.1 Å². The first-order valence-electron chi connectivity index (χ1n) is 14.3. The number of halogens is 2. The van der Waals surface area contributed by atoms with Crippen molar-refractivity contribution in [2.45, 2.75) is 69.5 Å². The van der Waals surface area contributed by atoms with Crippen molar-refractivity contribution in [1.82, 2.24) is 10.2 Å². The van der Waals surface area contributed by atoms with Crippen molar-refractivity contribution >= 4 is 50.7 Å². The third-order valence-electron chi connectivity index (χ3n) is 7.72. The maximum Gasteiger partial charge on any atom is 0.264 e. The Morgan fingerprint density at radius 3 is 2.26 bits per heavy atom. The second-order valence-electron chi connectivity index (χ2n) is 10.8. The zero-order chi connectivity index (χ0) is 31.1. The third kappa shape index (κ3) is 8.02. The molecule has 0 aromatic heterocycles. The van der Waals surface area contributed by atoms with Crippen LogP contribution < -0.4 is 14.4 Å². The van der Waals surface area contributed by atoms with Crippen LogP contribution in [0.3, 0.4) is 0 Å². The standard InChI is InChI=1S/C32H37Cl2N3O5S/c1-22-12-18-27(19-13-22)43(40,41)37(29-11-7-10-28(33)31(29)34)21-30(38)36(20-24-14-16-26(42-3)17-15-24)23(2)32(39)35-25-8-5-4-6-9-25/h7,10-19,23,25H,4-6,8-9,20-21H2,1-3H3,(H,35,39)/t23-/m1/s1. The van der Waals surface area contributed by atoms with Gasteiger partial charge in [0, 0.05) is 12.6 Å². The highest BCUT2D eigenvalue weighted by molar-refractivity contribution is 7.92. The van der Waals surface area contributed by atoms with E-state index in [1.807, 2.05) is 6.92 Å². The molecule has 1 aliphatic carbocycles. The number of rotatable bonds is 11. The van der Waals surface area contributed by atoms with Gasteiger partial charge in [-0.05, 0) is 68.7 Å². The van der Waals surface area contributed by atoms with Crippen molar-refractivity contribution in [1.29, 1.82) is 0 Å². The number of aryl methyl sites for hydroxylation is 1. The van der Waals surface area contributed by atoms with Crippen LogP contribution in [-0.4, -0.2) is 50.9 Å². The summed E-state index contributed by atoms with van der Waals surface area (Å²) in [5.41, 5.74) is 1.69. The van der Waals surface area contributed by atoms with Crippen molar-refractivity contribution in [2.75, 3.05) is 18.0 Å². The minimum Gasteiger partial charge on any atom is -0.497 e. The van der Waals surface area contributed by atoms with Gasteiger partial charge in [0.1, 0.15) is 18.3 Å². The first-order valence-corrected chi connectivity index (χ1v) is 16.5. The first-order chi connectivity index (χ1) is 20.5. The smallest absolute Gasteiger partial charge is 0.264 e. The van der Waals surface area contributed by atoms with Gasteiger partial charge in [-0.25, -0.2) is 8.42 Å². The molecule has 0 aliphatic heterocycles. The lowest BCUT2D eigenvalue weighted by Gasteiger charge is -2.33. The lowest BCUT2D eigenvalue weighted by molar-refractivity contribution is -0.139. The number of ether oxygens (including phenoxy) is 1. The van der Waals surface area contributed by atoms with E-state index in [9.17, 15) is 18.0 Å². The molecule has 2 amide bonds. The molecule has 1 atom stereocenters. The van der Waals surface area contributed by atoms with Gasteiger partial charge in [-0.3, -0.25) is 13.9 Å². The number of anilines is 1. The van der Waals surface area contributed by atoms with Gasteiger partial charge >= 0.3 is 0 Å². The van der Waals surface area contributed by atoms with Gasteiger partial charge in [-0.1, -0.05) is 78.4 Å². The van der Waals surface area contributed by atoms with Crippen LogP contribution in [-0.2, 0) is 26.2 Å². The lowest BCUT2D eigenvalue weighted by Crippen LogP contribution is -2.53. The van der Waals surface area contributed by atoms with Crippen LogP contribution in [0, 0.1) is 6.92 Å². The Balaban J connectivity index is 1.70. The van der Waals surface area contributed by atoms with E-state index in [1.54, 1.807) is 62.6 Å². The minimum absolute atomic E-state index is 0.00236. The largest absolute Gasteiger partial charge is 0.497 e. The Kier molecular flexibility index (Phi) is 11.0. The maximum atomic E-state index is 14.2. The van der Waals surface area contributed by atoms with Gasteiger partial charge in [-0.2, -0.15) is 0 Å². The fourth-order valence-electron chi connectivity index (χ4n) is 5.11. The molecule has 0 spiro atoms. The van der Waals surface area contributed by atoms with E-state index >= 15 is 0 Å². The number of amides is 2. The van der Waals surface area contributed by atoms with Crippen LogP contribution in [0.15, 0.2) is 71.6 Å². The molecule has 8 nitrogen and oxygen atoms in total. The number of hydrogen-bond donors (Lipinski definition) is 1. The molecule has 230 valence electrons. The molecule has 1 saturated carbocycles. The summed E-state index contributed by atoms with van der Waals surface area (Å²) in [6.07, 6.45) is 5.00. The van der Waals surface area contributed by atoms with Crippen molar-refractivity contribution in [3.8, 4) is 5.75 Å².